The van der Waals surface area contributed by atoms with Crippen LogP contribution < -0.4 is 15.4 Å². The largest absolute Gasteiger partial charge is 0.497 e. The summed E-state index contributed by atoms with van der Waals surface area (Å²) in [5.74, 6) is 0.910. The third kappa shape index (κ3) is 5.69. The van der Waals surface area contributed by atoms with Crippen LogP contribution in [0.2, 0.25) is 15.1 Å². The normalized spacial score (nSPS) is 10.9. The summed E-state index contributed by atoms with van der Waals surface area (Å²) in [6.07, 6.45) is 3.24. The number of aromatic nitrogens is 2. The molecular weight excluding hydrogens is 497 g/mol. The van der Waals surface area contributed by atoms with E-state index in [4.69, 9.17) is 39.5 Å². The van der Waals surface area contributed by atoms with E-state index in [-0.39, 0.29) is 5.95 Å². The van der Waals surface area contributed by atoms with Gasteiger partial charge >= 0.3 is 6.03 Å². The van der Waals surface area contributed by atoms with Gasteiger partial charge < -0.3 is 10.1 Å². The first kappa shape index (κ1) is 23.6. The van der Waals surface area contributed by atoms with Gasteiger partial charge in [-0.15, -0.1) is 0 Å². The summed E-state index contributed by atoms with van der Waals surface area (Å²) in [4.78, 5) is 17.2. The van der Waals surface area contributed by atoms with E-state index in [1.54, 1.807) is 62.0 Å². The zero-order valence-corrected chi connectivity index (χ0v) is 20.1. The Balaban J connectivity index is 1.64. The molecule has 0 radical (unpaired) electrons. The average molecular weight is 515 g/mol. The molecular formula is C24H18Cl3N5O2. The smallest absolute Gasteiger partial charge is 0.326 e. The van der Waals surface area contributed by atoms with Gasteiger partial charge in [0.2, 0.25) is 5.95 Å². The number of ether oxygens (including phenoxy) is 1. The fourth-order valence-corrected chi connectivity index (χ4v) is 3.63. The first-order valence-corrected chi connectivity index (χ1v) is 11.1. The summed E-state index contributed by atoms with van der Waals surface area (Å²) in [6, 6.07) is 18.8. The van der Waals surface area contributed by atoms with E-state index in [1.807, 2.05) is 24.3 Å². The highest BCUT2D eigenvalue weighted by molar-refractivity contribution is 6.36. The number of rotatable bonds is 6. The SMILES string of the molecule is COc1ccc(-c2cn(/N=C/c3ccc(Cl)cc3Cl)c(NC(=O)Nc3ccccc3Cl)n2)cc1. The van der Waals surface area contributed by atoms with Gasteiger partial charge in [-0.05, 0) is 48.5 Å². The van der Waals surface area contributed by atoms with Crippen LogP contribution in [0.25, 0.3) is 11.3 Å². The Labute approximate surface area is 210 Å². The third-order valence-corrected chi connectivity index (χ3v) is 5.60. The first-order chi connectivity index (χ1) is 16.4. The maximum absolute atomic E-state index is 12.6. The maximum atomic E-state index is 12.6. The van der Waals surface area contributed by atoms with Crippen LogP contribution in [0, 0.1) is 0 Å². The molecule has 1 heterocycles. The molecule has 0 aliphatic carbocycles. The predicted molar refractivity (Wildman–Crippen MR) is 138 cm³/mol. The molecule has 2 N–H and O–H groups in total. The lowest BCUT2D eigenvalue weighted by atomic mass is 10.2. The van der Waals surface area contributed by atoms with E-state index in [9.17, 15) is 4.79 Å². The number of nitrogens with zero attached hydrogens (tertiary/aromatic N) is 3. The minimum Gasteiger partial charge on any atom is -0.497 e. The lowest BCUT2D eigenvalue weighted by molar-refractivity contribution is 0.262. The summed E-state index contributed by atoms with van der Waals surface area (Å²) in [5.41, 5.74) is 2.52. The Morgan fingerprint density at radius 3 is 2.47 bits per heavy atom. The molecule has 0 saturated heterocycles. The topological polar surface area (TPSA) is 80.5 Å². The molecule has 0 aliphatic heterocycles. The Morgan fingerprint density at radius 2 is 1.76 bits per heavy atom. The van der Waals surface area contributed by atoms with E-state index in [0.29, 0.717) is 32.0 Å². The van der Waals surface area contributed by atoms with E-state index >= 15 is 0 Å². The van der Waals surface area contributed by atoms with Crippen molar-refractivity contribution >= 4 is 58.7 Å². The number of hydrogen-bond acceptors (Lipinski definition) is 4. The van der Waals surface area contributed by atoms with Crippen LogP contribution in [0.4, 0.5) is 16.4 Å². The zero-order valence-electron chi connectivity index (χ0n) is 17.8. The van der Waals surface area contributed by atoms with Crippen LogP contribution in [0.1, 0.15) is 5.56 Å². The molecule has 34 heavy (non-hydrogen) atoms. The monoisotopic (exact) mass is 513 g/mol. The number of halogens is 3. The molecule has 0 fully saturated rings. The van der Waals surface area contributed by atoms with Gasteiger partial charge in [-0.1, -0.05) is 53.0 Å². The van der Waals surface area contributed by atoms with Gasteiger partial charge in [0.1, 0.15) is 5.75 Å². The summed E-state index contributed by atoms with van der Waals surface area (Å²) in [5, 5.41) is 11.2. The second-order valence-electron chi connectivity index (χ2n) is 6.99. The molecule has 0 spiro atoms. The van der Waals surface area contributed by atoms with Gasteiger partial charge in [-0.3, -0.25) is 5.32 Å². The van der Waals surface area contributed by atoms with Crippen molar-refractivity contribution in [1.29, 1.82) is 0 Å². The van der Waals surface area contributed by atoms with Crippen molar-refractivity contribution in [2.75, 3.05) is 17.7 Å². The van der Waals surface area contributed by atoms with Gasteiger partial charge in [0.15, 0.2) is 0 Å². The quantitative estimate of drug-likeness (QED) is 0.271. The van der Waals surface area contributed by atoms with Crippen molar-refractivity contribution in [2.45, 2.75) is 0 Å². The van der Waals surface area contributed by atoms with Crippen molar-refractivity contribution in [3.8, 4) is 17.0 Å². The standard InChI is InChI=1S/C24H18Cl3N5O2/c1-34-18-10-7-15(8-11-18)22-14-32(28-13-16-6-9-17(25)12-20(16)27)23(29-22)31-24(33)30-21-5-3-2-4-19(21)26/h2-14H,1H3,(H2,29,30,31,33)/b28-13+. The van der Waals surface area contributed by atoms with E-state index in [1.165, 1.54) is 4.68 Å². The molecule has 0 atom stereocenters. The average Bonchev–Trinajstić information content (AvgIpc) is 3.22. The minimum absolute atomic E-state index is 0.191. The molecule has 4 rings (SSSR count). The summed E-state index contributed by atoms with van der Waals surface area (Å²) in [6.45, 7) is 0. The van der Waals surface area contributed by atoms with Gasteiger partial charge in [-0.2, -0.15) is 5.10 Å². The first-order valence-electron chi connectivity index (χ1n) is 9.98. The molecule has 7 nitrogen and oxygen atoms in total. The summed E-state index contributed by atoms with van der Waals surface area (Å²) in [7, 11) is 1.60. The van der Waals surface area contributed by atoms with Gasteiger partial charge in [0.05, 0.1) is 40.9 Å². The van der Waals surface area contributed by atoms with Crippen LogP contribution in [0.15, 0.2) is 78.0 Å². The molecule has 0 bridgehead atoms. The molecule has 0 unspecified atom stereocenters. The number of carbonyl (C=O) groups is 1. The maximum Gasteiger partial charge on any atom is 0.326 e. The van der Waals surface area contributed by atoms with Gasteiger partial charge in [0, 0.05) is 16.1 Å². The zero-order chi connectivity index (χ0) is 24.1. The molecule has 4 aromatic rings. The number of benzene rings is 3. The lowest BCUT2D eigenvalue weighted by Gasteiger charge is -2.08. The number of anilines is 2. The van der Waals surface area contributed by atoms with Crippen molar-refractivity contribution in [3.05, 3.63) is 93.6 Å². The molecule has 2 amide bonds. The number of para-hydroxylation sites is 1. The Kier molecular flexibility index (Phi) is 7.37. The van der Waals surface area contributed by atoms with E-state index in [0.717, 1.165) is 11.3 Å². The Hall–Kier alpha value is -3.52. The number of urea groups is 1. The Morgan fingerprint density at radius 1 is 1.00 bits per heavy atom. The highest BCUT2D eigenvalue weighted by atomic mass is 35.5. The molecule has 0 aliphatic rings. The Bertz CT molecular complexity index is 1350. The van der Waals surface area contributed by atoms with Crippen molar-refractivity contribution in [1.82, 2.24) is 9.66 Å². The van der Waals surface area contributed by atoms with Crippen LogP contribution in [-0.2, 0) is 0 Å². The second-order valence-corrected chi connectivity index (χ2v) is 8.24. The fraction of sp³-hybridized carbons (Fsp3) is 0.0417. The predicted octanol–water partition coefficient (Wildman–Crippen LogP) is 7.05. The molecule has 172 valence electrons. The highest BCUT2D eigenvalue weighted by Crippen LogP contribution is 2.25. The van der Waals surface area contributed by atoms with Crippen LogP contribution in [0.3, 0.4) is 0 Å². The van der Waals surface area contributed by atoms with Crippen molar-refractivity contribution in [2.24, 2.45) is 5.10 Å². The number of imidazole rings is 1. The van der Waals surface area contributed by atoms with E-state index < -0.39 is 6.03 Å². The number of carbonyl (C=O) groups excluding carboxylic acids is 1. The van der Waals surface area contributed by atoms with Gasteiger partial charge in [0.25, 0.3) is 0 Å². The number of amides is 2. The fourth-order valence-electron chi connectivity index (χ4n) is 2.99. The summed E-state index contributed by atoms with van der Waals surface area (Å²) >= 11 is 18.4. The van der Waals surface area contributed by atoms with Crippen LogP contribution in [0.5, 0.6) is 5.75 Å². The van der Waals surface area contributed by atoms with Crippen molar-refractivity contribution in [3.63, 3.8) is 0 Å². The second kappa shape index (κ2) is 10.6. The third-order valence-electron chi connectivity index (χ3n) is 4.70. The number of methoxy groups -OCH3 is 1. The van der Waals surface area contributed by atoms with Crippen molar-refractivity contribution < 1.29 is 9.53 Å². The number of hydrogen-bond donors (Lipinski definition) is 2. The van der Waals surface area contributed by atoms with Gasteiger partial charge in [-0.25, -0.2) is 14.5 Å². The molecule has 3 aromatic carbocycles. The van der Waals surface area contributed by atoms with Crippen LogP contribution in [-0.4, -0.2) is 29.0 Å². The molecule has 1 aromatic heterocycles. The molecule has 0 saturated carbocycles. The van der Waals surface area contributed by atoms with E-state index in [2.05, 4.69) is 20.7 Å². The number of nitrogens with one attached hydrogen (secondary N) is 2. The van der Waals surface area contributed by atoms with Crippen LogP contribution >= 0.6 is 34.8 Å². The molecule has 10 heteroatoms. The minimum atomic E-state index is -0.527. The highest BCUT2D eigenvalue weighted by Gasteiger charge is 2.14. The lowest BCUT2D eigenvalue weighted by Crippen LogP contribution is -2.21. The summed E-state index contributed by atoms with van der Waals surface area (Å²) < 4.78 is 6.65.